The molecule has 3 fully saturated rings. The van der Waals surface area contributed by atoms with Gasteiger partial charge in [0.15, 0.2) is 5.11 Å². The van der Waals surface area contributed by atoms with Crippen LogP contribution in [0.15, 0.2) is 43.1 Å². The Balaban J connectivity index is 1.71. The van der Waals surface area contributed by atoms with Gasteiger partial charge in [-0.05, 0) is 86.1 Å². The number of piperidine rings is 3. The number of fused-ring (bicyclic) bond motifs is 4. The average molecular weight is 453 g/mol. The highest BCUT2D eigenvalue weighted by Gasteiger charge is 2.43. The molecule has 2 N–H and O–H groups in total. The van der Waals surface area contributed by atoms with Crippen LogP contribution in [-0.4, -0.2) is 47.3 Å². The molecule has 4 unspecified atom stereocenters. The van der Waals surface area contributed by atoms with E-state index in [0.717, 1.165) is 36.2 Å². The van der Waals surface area contributed by atoms with Crippen molar-refractivity contribution in [1.29, 1.82) is 0 Å². The van der Waals surface area contributed by atoms with Crippen LogP contribution in [0.3, 0.4) is 0 Å². The van der Waals surface area contributed by atoms with E-state index < -0.39 is 0 Å². The lowest BCUT2D eigenvalue weighted by Gasteiger charge is -2.52. The molecule has 1 aromatic carbocycles. The first-order valence-corrected chi connectivity index (χ1v) is 12.2. The van der Waals surface area contributed by atoms with E-state index >= 15 is 0 Å². The highest BCUT2D eigenvalue weighted by atomic mass is 32.1. The Morgan fingerprint density at radius 2 is 2.09 bits per heavy atom. The van der Waals surface area contributed by atoms with Crippen molar-refractivity contribution >= 4 is 28.2 Å². The molecule has 32 heavy (non-hydrogen) atoms. The number of hydrogen-bond donors (Lipinski definition) is 2. The molecule has 0 radical (unpaired) electrons. The molecule has 2 bridgehead atoms. The Bertz CT molecular complexity index is 977. The molecule has 5 rings (SSSR count). The molecule has 0 spiro atoms. The summed E-state index contributed by atoms with van der Waals surface area (Å²) in [6.45, 7) is 12.9. The van der Waals surface area contributed by atoms with Crippen LogP contribution in [0, 0.1) is 17.8 Å². The molecule has 2 aromatic rings. The van der Waals surface area contributed by atoms with E-state index in [1.807, 2.05) is 18.3 Å². The van der Waals surface area contributed by atoms with Gasteiger partial charge in [-0.2, -0.15) is 0 Å². The monoisotopic (exact) mass is 452 g/mol. The zero-order valence-corrected chi connectivity index (χ0v) is 20.5. The third kappa shape index (κ3) is 4.62. The SMILES string of the molecule is C=CC1CN2CCC1CC2[C@H](NC(=S)N[C@H](C)C(C)C)c1ccnc2ccc(OC)cc12. The van der Waals surface area contributed by atoms with Crippen LogP contribution in [-0.2, 0) is 0 Å². The van der Waals surface area contributed by atoms with Gasteiger partial charge in [0.05, 0.1) is 18.7 Å². The van der Waals surface area contributed by atoms with Gasteiger partial charge in [-0.15, -0.1) is 6.58 Å². The summed E-state index contributed by atoms with van der Waals surface area (Å²) in [4.78, 5) is 7.24. The molecule has 4 heterocycles. The number of hydrogen-bond acceptors (Lipinski definition) is 4. The number of methoxy groups -OCH3 is 1. The molecule has 0 aliphatic carbocycles. The van der Waals surface area contributed by atoms with Crippen molar-refractivity contribution in [3.63, 3.8) is 0 Å². The molecular weight excluding hydrogens is 416 g/mol. The van der Waals surface area contributed by atoms with Gasteiger partial charge in [-0.25, -0.2) is 0 Å². The van der Waals surface area contributed by atoms with Crippen molar-refractivity contribution in [2.75, 3.05) is 20.2 Å². The van der Waals surface area contributed by atoms with Crippen LogP contribution in [0.25, 0.3) is 10.9 Å². The van der Waals surface area contributed by atoms with E-state index in [9.17, 15) is 0 Å². The van der Waals surface area contributed by atoms with Crippen LogP contribution in [0.5, 0.6) is 5.75 Å². The molecule has 3 saturated heterocycles. The Hall–Kier alpha value is -2.18. The second-order valence-corrected chi connectivity index (χ2v) is 10.1. The van der Waals surface area contributed by atoms with E-state index in [0.29, 0.717) is 34.9 Å². The predicted octanol–water partition coefficient (Wildman–Crippen LogP) is 4.69. The topological polar surface area (TPSA) is 49.4 Å². The molecule has 172 valence electrons. The standard InChI is InChI=1S/C26H36N4OS/c1-6-18-15-30-12-10-19(18)13-24(30)25(29-26(32)28-17(4)16(2)3)21-9-11-27-23-8-7-20(31-5)14-22(21)23/h6-9,11,14,16-19,24-25H,1,10,12-13,15H2,2-5H3,(H2,28,29,32)/t17-,18?,19?,24?,25-/m1/s1. The van der Waals surface area contributed by atoms with Crippen molar-refractivity contribution in [3.05, 3.63) is 48.7 Å². The van der Waals surface area contributed by atoms with E-state index in [1.54, 1.807) is 7.11 Å². The first-order valence-electron chi connectivity index (χ1n) is 11.8. The maximum atomic E-state index is 5.80. The molecule has 5 nitrogen and oxygen atoms in total. The number of ether oxygens (including phenoxy) is 1. The lowest BCUT2D eigenvalue weighted by Crippen LogP contribution is -2.58. The minimum absolute atomic E-state index is 0.0699. The number of nitrogens with zero attached hydrogens (tertiary/aromatic N) is 2. The van der Waals surface area contributed by atoms with E-state index in [2.05, 4.69) is 66.1 Å². The summed E-state index contributed by atoms with van der Waals surface area (Å²) in [5.41, 5.74) is 2.20. The lowest BCUT2D eigenvalue weighted by molar-refractivity contribution is 0.00426. The summed E-state index contributed by atoms with van der Waals surface area (Å²) >= 11 is 5.80. The van der Waals surface area contributed by atoms with Crippen molar-refractivity contribution in [3.8, 4) is 5.75 Å². The number of aromatic nitrogens is 1. The van der Waals surface area contributed by atoms with E-state index in [4.69, 9.17) is 17.0 Å². The number of pyridine rings is 1. The number of nitrogens with one attached hydrogen (secondary N) is 2. The van der Waals surface area contributed by atoms with Gasteiger partial charge in [-0.1, -0.05) is 19.9 Å². The minimum atomic E-state index is 0.0699. The molecule has 3 aliphatic rings. The second-order valence-electron chi connectivity index (χ2n) is 9.66. The van der Waals surface area contributed by atoms with Crippen LogP contribution in [0.1, 0.15) is 45.2 Å². The predicted molar refractivity (Wildman–Crippen MR) is 136 cm³/mol. The fourth-order valence-corrected chi connectivity index (χ4v) is 5.52. The smallest absolute Gasteiger partial charge is 0.167 e. The van der Waals surface area contributed by atoms with Crippen LogP contribution < -0.4 is 15.4 Å². The summed E-state index contributed by atoms with van der Waals surface area (Å²) < 4.78 is 5.53. The minimum Gasteiger partial charge on any atom is -0.497 e. The lowest BCUT2D eigenvalue weighted by atomic mass is 9.73. The summed E-state index contributed by atoms with van der Waals surface area (Å²) in [6, 6.07) is 8.99. The summed E-state index contributed by atoms with van der Waals surface area (Å²) in [5, 5.41) is 9.05. The Labute approximate surface area is 197 Å². The number of rotatable bonds is 7. The normalized spacial score (nSPS) is 26.5. The van der Waals surface area contributed by atoms with Gasteiger partial charge in [0.25, 0.3) is 0 Å². The van der Waals surface area contributed by atoms with Gasteiger partial charge in [0.1, 0.15) is 5.75 Å². The number of benzene rings is 1. The summed E-state index contributed by atoms with van der Waals surface area (Å²) in [5.74, 6) is 2.62. The van der Waals surface area contributed by atoms with Gasteiger partial charge < -0.3 is 15.4 Å². The van der Waals surface area contributed by atoms with Crippen molar-refractivity contribution in [2.24, 2.45) is 17.8 Å². The van der Waals surface area contributed by atoms with Gasteiger partial charge in [0, 0.05) is 30.2 Å². The molecular formula is C26H36N4OS. The highest BCUT2D eigenvalue weighted by Crippen LogP contribution is 2.42. The van der Waals surface area contributed by atoms with Crippen LogP contribution in [0.2, 0.25) is 0 Å². The fraction of sp³-hybridized carbons (Fsp3) is 0.538. The zero-order chi connectivity index (χ0) is 22.8. The Kier molecular flexibility index (Phi) is 7.01. The summed E-state index contributed by atoms with van der Waals surface area (Å²) in [7, 11) is 1.71. The Morgan fingerprint density at radius 1 is 1.28 bits per heavy atom. The van der Waals surface area contributed by atoms with Gasteiger partial charge in [-0.3, -0.25) is 9.88 Å². The average Bonchev–Trinajstić information content (AvgIpc) is 2.81. The van der Waals surface area contributed by atoms with Gasteiger partial charge >= 0.3 is 0 Å². The number of thiocarbonyl (C=S) groups is 1. The van der Waals surface area contributed by atoms with Crippen LogP contribution >= 0.6 is 12.2 Å². The molecule has 3 aliphatic heterocycles. The fourth-order valence-electron chi connectivity index (χ4n) is 5.21. The zero-order valence-electron chi connectivity index (χ0n) is 19.7. The largest absolute Gasteiger partial charge is 0.497 e. The first kappa shape index (κ1) is 23.0. The molecule has 1 aromatic heterocycles. The van der Waals surface area contributed by atoms with E-state index in [-0.39, 0.29) is 6.04 Å². The molecule has 0 amide bonds. The molecule has 0 saturated carbocycles. The van der Waals surface area contributed by atoms with E-state index in [1.165, 1.54) is 12.0 Å². The second kappa shape index (κ2) is 9.75. The summed E-state index contributed by atoms with van der Waals surface area (Å²) in [6.07, 6.45) is 6.45. The van der Waals surface area contributed by atoms with Crippen molar-refractivity contribution in [1.82, 2.24) is 20.5 Å². The first-order chi connectivity index (χ1) is 15.4. The highest BCUT2D eigenvalue weighted by molar-refractivity contribution is 7.80. The quantitative estimate of drug-likeness (QED) is 0.470. The third-order valence-corrected chi connectivity index (χ3v) is 7.74. The molecule has 6 atom stereocenters. The maximum Gasteiger partial charge on any atom is 0.167 e. The maximum absolute atomic E-state index is 5.80. The molecule has 6 heteroatoms. The van der Waals surface area contributed by atoms with Crippen LogP contribution in [0.4, 0.5) is 0 Å². The van der Waals surface area contributed by atoms with Crippen molar-refractivity contribution < 1.29 is 4.74 Å². The Morgan fingerprint density at radius 3 is 2.75 bits per heavy atom. The van der Waals surface area contributed by atoms with Gasteiger partial charge in [0.2, 0.25) is 0 Å². The van der Waals surface area contributed by atoms with Crippen molar-refractivity contribution in [2.45, 2.75) is 51.7 Å². The third-order valence-electron chi connectivity index (χ3n) is 7.50.